The van der Waals surface area contributed by atoms with E-state index in [2.05, 4.69) is 0 Å². The van der Waals surface area contributed by atoms with Gasteiger partial charge in [0, 0.05) is 56.1 Å². The molecule has 8 nitrogen and oxygen atoms in total. The molecule has 8 heteroatoms. The Morgan fingerprint density at radius 1 is 1.26 bits per heavy atom. The van der Waals surface area contributed by atoms with E-state index in [9.17, 15) is 19.5 Å². The van der Waals surface area contributed by atoms with E-state index in [4.69, 9.17) is 14.5 Å². The number of hydrogen-bond donors (Lipinski definition) is 1. The topological polar surface area (TPSA) is 106 Å². The summed E-state index contributed by atoms with van der Waals surface area (Å²) in [6.07, 6.45) is 3.65. The van der Waals surface area contributed by atoms with E-state index >= 15 is 0 Å². The normalized spacial score (nSPS) is 28.6. The molecule has 4 aliphatic rings. The van der Waals surface area contributed by atoms with Crippen molar-refractivity contribution in [2.45, 2.75) is 96.2 Å². The molecule has 1 aromatic carbocycles. The van der Waals surface area contributed by atoms with Gasteiger partial charge in [-0.25, -0.2) is 4.79 Å². The number of ketones is 2. The molecule has 0 unspecified atom stereocenters. The van der Waals surface area contributed by atoms with Gasteiger partial charge in [0.05, 0.1) is 5.41 Å². The van der Waals surface area contributed by atoms with E-state index in [0.717, 1.165) is 23.4 Å². The van der Waals surface area contributed by atoms with Crippen LogP contribution in [0.25, 0.3) is 0 Å². The summed E-state index contributed by atoms with van der Waals surface area (Å²) in [7, 11) is 1.64. The molecule has 3 atom stereocenters. The Hall–Kier alpha value is -2.74. The minimum atomic E-state index is -1.23. The molecule has 0 aromatic heterocycles. The first-order chi connectivity index (χ1) is 17.9. The first-order valence-corrected chi connectivity index (χ1v) is 14.0. The smallest absolute Gasteiger partial charge is 0.415 e. The predicted octanol–water partition coefficient (Wildman–Crippen LogP) is 4.42. The quantitative estimate of drug-likeness (QED) is 0.540. The van der Waals surface area contributed by atoms with Crippen molar-refractivity contribution in [3.8, 4) is 11.5 Å². The number of amides is 1. The monoisotopic (exact) mass is 524 g/mol. The molecule has 1 spiro atoms. The van der Waals surface area contributed by atoms with Crippen LogP contribution < -0.4 is 9.47 Å². The second-order valence-corrected chi connectivity index (χ2v) is 12.6. The SMILES string of the molecule is CCc1ccc(OC(=O)N(C)CCCC(=O)C(C)(C)C)c2c1[C@]13C/C(=N/CC4CC4)[C@]1(O)CCC(=O)[C@@H]3O2. The number of Topliss-reactive ketones (excluding diaryl/α,β-unsaturated/α-hetero) is 2. The van der Waals surface area contributed by atoms with Crippen LogP contribution in [0.1, 0.15) is 83.8 Å². The molecule has 0 radical (unpaired) electrons. The van der Waals surface area contributed by atoms with Crippen LogP contribution in [0.2, 0.25) is 0 Å². The zero-order valence-electron chi connectivity index (χ0n) is 23.3. The maximum Gasteiger partial charge on any atom is 0.415 e. The number of fused-ring (bicyclic) bond motifs is 1. The highest BCUT2D eigenvalue weighted by Crippen LogP contribution is 2.65. The average molecular weight is 525 g/mol. The lowest BCUT2D eigenvalue weighted by Crippen LogP contribution is -2.75. The summed E-state index contributed by atoms with van der Waals surface area (Å²) < 4.78 is 12.1. The predicted molar refractivity (Wildman–Crippen MR) is 143 cm³/mol. The summed E-state index contributed by atoms with van der Waals surface area (Å²) in [6.45, 7) is 8.80. The molecule has 1 N–H and O–H groups in total. The van der Waals surface area contributed by atoms with Crippen molar-refractivity contribution in [3.05, 3.63) is 23.3 Å². The molecule has 1 aliphatic heterocycles. The van der Waals surface area contributed by atoms with Crippen molar-refractivity contribution in [3.63, 3.8) is 0 Å². The summed E-state index contributed by atoms with van der Waals surface area (Å²) in [4.78, 5) is 44.6. The maximum absolute atomic E-state index is 13.1. The number of aliphatic imine (C=N–C) groups is 1. The Kier molecular flexibility index (Phi) is 6.69. The molecule has 0 saturated heterocycles. The number of nitrogens with zero attached hydrogens (tertiary/aromatic N) is 2. The molecule has 3 aliphatic carbocycles. The molecular weight excluding hydrogens is 484 g/mol. The van der Waals surface area contributed by atoms with Gasteiger partial charge >= 0.3 is 6.09 Å². The highest BCUT2D eigenvalue weighted by Gasteiger charge is 2.75. The number of ether oxygens (including phenoxy) is 2. The number of benzene rings is 1. The van der Waals surface area contributed by atoms with Gasteiger partial charge in [0.15, 0.2) is 23.4 Å². The molecule has 3 fully saturated rings. The van der Waals surface area contributed by atoms with E-state index in [0.29, 0.717) is 50.3 Å². The van der Waals surface area contributed by atoms with Crippen molar-refractivity contribution in [1.29, 1.82) is 0 Å². The first-order valence-electron chi connectivity index (χ1n) is 14.0. The molecule has 0 bridgehead atoms. The third kappa shape index (κ3) is 4.25. The van der Waals surface area contributed by atoms with Crippen LogP contribution in [-0.2, 0) is 21.4 Å². The Balaban J connectivity index is 1.39. The van der Waals surface area contributed by atoms with Gasteiger partial charge in [-0.3, -0.25) is 14.6 Å². The van der Waals surface area contributed by atoms with E-state index in [1.54, 1.807) is 13.1 Å². The molecule has 5 rings (SSSR count). The number of aryl methyl sites for hydroxylation is 1. The van der Waals surface area contributed by atoms with E-state index < -0.39 is 28.6 Å². The summed E-state index contributed by atoms with van der Waals surface area (Å²) in [6, 6.07) is 3.62. The van der Waals surface area contributed by atoms with Crippen molar-refractivity contribution >= 4 is 23.4 Å². The summed E-state index contributed by atoms with van der Waals surface area (Å²) in [5, 5.41) is 12.0. The molecule has 38 heavy (non-hydrogen) atoms. The number of rotatable bonds is 8. The van der Waals surface area contributed by atoms with Crippen molar-refractivity contribution < 1.29 is 29.0 Å². The van der Waals surface area contributed by atoms with Crippen molar-refractivity contribution in [2.24, 2.45) is 16.3 Å². The van der Waals surface area contributed by atoms with E-state index in [1.165, 1.54) is 17.7 Å². The summed E-state index contributed by atoms with van der Waals surface area (Å²) in [5.74, 6) is 1.36. The van der Waals surface area contributed by atoms with Gasteiger partial charge in [-0.05, 0) is 49.7 Å². The van der Waals surface area contributed by atoms with Gasteiger partial charge in [0.1, 0.15) is 11.4 Å². The summed E-state index contributed by atoms with van der Waals surface area (Å²) in [5.41, 5.74) is 0.00637. The number of aliphatic hydroxyl groups is 1. The third-order valence-corrected chi connectivity index (χ3v) is 8.89. The van der Waals surface area contributed by atoms with Gasteiger partial charge < -0.3 is 19.5 Å². The minimum absolute atomic E-state index is 0.0351. The van der Waals surface area contributed by atoms with Gasteiger partial charge in [0.25, 0.3) is 0 Å². The second-order valence-electron chi connectivity index (χ2n) is 12.6. The largest absolute Gasteiger partial charge is 0.477 e. The first kappa shape index (κ1) is 26.9. The standard InChI is InChI=1S/C30H40N2O6/c1-6-19-11-12-21(37-27(35)32(5)15-7-8-23(34)28(2,3)4)25-24(19)29-16-22(31-17-18-9-10-18)30(29,36)14-13-20(33)26(29)38-25/h11-12,18,26,36H,6-10,13-17H2,1-5H3/b31-22-/t26-,29-,30+/m0/s1. The fraction of sp³-hybridized carbons (Fsp3) is 0.667. The average Bonchev–Trinajstić information content (AvgIpc) is 3.62. The Morgan fingerprint density at radius 3 is 2.66 bits per heavy atom. The number of carbonyl (C=O) groups excluding carboxylic acids is 3. The zero-order chi connectivity index (χ0) is 27.5. The highest BCUT2D eigenvalue weighted by molar-refractivity contribution is 6.08. The van der Waals surface area contributed by atoms with Gasteiger partial charge in [-0.15, -0.1) is 0 Å². The van der Waals surface area contributed by atoms with Crippen LogP contribution in [0, 0.1) is 11.3 Å². The van der Waals surface area contributed by atoms with Gasteiger partial charge in [-0.2, -0.15) is 0 Å². The molecule has 1 amide bonds. The van der Waals surface area contributed by atoms with Crippen LogP contribution in [-0.4, -0.2) is 65.2 Å². The highest BCUT2D eigenvalue weighted by atomic mass is 16.6. The zero-order valence-corrected chi connectivity index (χ0v) is 23.3. The fourth-order valence-electron chi connectivity index (χ4n) is 6.23. The molecule has 1 aromatic rings. The number of carbonyl (C=O) groups is 3. The minimum Gasteiger partial charge on any atom is -0.477 e. The lowest BCUT2D eigenvalue weighted by atomic mass is 9.45. The van der Waals surface area contributed by atoms with Crippen LogP contribution in [0.15, 0.2) is 17.1 Å². The number of hydrogen-bond acceptors (Lipinski definition) is 7. The second kappa shape index (κ2) is 9.47. The van der Waals surface area contributed by atoms with E-state index in [1.807, 2.05) is 33.8 Å². The Labute approximate surface area is 224 Å². The third-order valence-electron chi connectivity index (χ3n) is 8.89. The van der Waals surface area contributed by atoms with Gasteiger partial charge in [-0.1, -0.05) is 33.8 Å². The molecule has 206 valence electrons. The molecule has 3 saturated carbocycles. The van der Waals surface area contributed by atoms with Crippen LogP contribution in [0.4, 0.5) is 4.79 Å². The van der Waals surface area contributed by atoms with Crippen molar-refractivity contribution in [1.82, 2.24) is 4.90 Å². The lowest BCUT2D eigenvalue weighted by molar-refractivity contribution is -0.145. The van der Waals surface area contributed by atoms with Crippen LogP contribution in [0.5, 0.6) is 11.5 Å². The molecular formula is C30H40N2O6. The molecule has 1 heterocycles. The Bertz CT molecular complexity index is 1200. The van der Waals surface area contributed by atoms with Crippen LogP contribution >= 0.6 is 0 Å². The lowest BCUT2D eigenvalue weighted by Gasteiger charge is -2.59. The van der Waals surface area contributed by atoms with Crippen LogP contribution in [0.3, 0.4) is 0 Å². The maximum atomic E-state index is 13.1. The van der Waals surface area contributed by atoms with Crippen molar-refractivity contribution in [2.75, 3.05) is 20.1 Å². The Morgan fingerprint density at radius 2 is 2.00 bits per heavy atom. The summed E-state index contributed by atoms with van der Waals surface area (Å²) >= 11 is 0. The van der Waals surface area contributed by atoms with Gasteiger partial charge in [0.2, 0.25) is 0 Å². The van der Waals surface area contributed by atoms with E-state index in [-0.39, 0.29) is 23.7 Å². The fourth-order valence-corrected chi connectivity index (χ4v) is 6.23.